The number of rotatable bonds is 3. The van der Waals surface area contributed by atoms with Gasteiger partial charge in [-0.2, -0.15) is 0 Å². The van der Waals surface area contributed by atoms with Gasteiger partial charge in [0.1, 0.15) is 0 Å². The molecule has 1 unspecified atom stereocenters. The Morgan fingerprint density at radius 1 is 1.05 bits per heavy atom. The number of aliphatic hydroxyl groups is 1. The zero-order valence-electron chi connectivity index (χ0n) is 12.4. The molecular weight excluding hydrogens is 298 g/mol. The maximum atomic E-state index is 12.9. The number of para-hydroxylation sites is 1. The smallest absolute Gasteiger partial charge is 0.268 e. The first-order valence-corrected chi connectivity index (χ1v) is 8.45. The molecule has 0 spiro atoms. The third kappa shape index (κ3) is 2.32. The number of fused-ring (bicyclic) bond motifs is 1. The fourth-order valence-corrected chi connectivity index (χ4v) is 3.91. The lowest BCUT2D eigenvalue weighted by Crippen LogP contribution is -2.11. The quantitative estimate of drug-likeness (QED) is 0.807. The molecule has 0 aliphatic carbocycles. The predicted octanol–water partition coefficient (Wildman–Crippen LogP) is 3.24. The summed E-state index contributed by atoms with van der Waals surface area (Å²) in [7, 11) is -3.69. The molecule has 0 saturated heterocycles. The van der Waals surface area contributed by atoms with Crippen LogP contribution >= 0.6 is 0 Å². The highest BCUT2D eigenvalue weighted by Crippen LogP contribution is 2.29. The van der Waals surface area contributed by atoms with Crippen molar-refractivity contribution in [3.8, 4) is 0 Å². The second-order valence-corrected chi connectivity index (χ2v) is 7.21. The third-order valence-corrected chi connectivity index (χ3v) is 5.42. The molecule has 1 aromatic heterocycles. The normalized spacial score (nSPS) is 13.4. The number of benzene rings is 2. The van der Waals surface area contributed by atoms with Gasteiger partial charge in [0.15, 0.2) is 0 Å². The van der Waals surface area contributed by atoms with Gasteiger partial charge < -0.3 is 5.11 Å². The third-order valence-electron chi connectivity index (χ3n) is 3.74. The number of aliphatic hydroxyl groups excluding tert-OH is 1. The molecule has 0 radical (unpaired) electrons. The minimum atomic E-state index is -3.69. The van der Waals surface area contributed by atoms with Crippen LogP contribution in [0, 0.1) is 6.92 Å². The molecule has 0 fully saturated rings. The number of nitrogens with zero attached hydrogens (tertiary/aromatic N) is 1. The first-order chi connectivity index (χ1) is 10.4. The largest absolute Gasteiger partial charge is 0.389 e. The lowest BCUT2D eigenvalue weighted by atomic mass is 10.1. The molecule has 0 saturated carbocycles. The van der Waals surface area contributed by atoms with Crippen LogP contribution in [0.5, 0.6) is 0 Å². The Balaban J connectivity index is 2.27. The summed E-state index contributed by atoms with van der Waals surface area (Å²) < 4.78 is 27.0. The SMILES string of the molecule is Cc1ccc(S(=O)(=O)n2cc(C(C)O)c3ccccc32)cc1. The highest BCUT2D eigenvalue weighted by molar-refractivity contribution is 7.90. The molecule has 3 rings (SSSR count). The van der Waals surface area contributed by atoms with E-state index in [0.717, 1.165) is 10.9 Å². The lowest BCUT2D eigenvalue weighted by Gasteiger charge is -2.07. The Bertz CT molecular complexity index is 922. The Hall–Kier alpha value is -2.11. The first kappa shape index (κ1) is 14.8. The van der Waals surface area contributed by atoms with E-state index in [1.54, 1.807) is 43.3 Å². The number of aryl methyl sites for hydroxylation is 1. The molecular formula is C17H17NO3S. The van der Waals surface area contributed by atoms with E-state index in [2.05, 4.69) is 0 Å². The topological polar surface area (TPSA) is 59.3 Å². The van der Waals surface area contributed by atoms with Gasteiger partial charge in [0.25, 0.3) is 10.0 Å². The second kappa shape index (κ2) is 5.26. The maximum absolute atomic E-state index is 12.9. The van der Waals surface area contributed by atoms with Crippen molar-refractivity contribution in [2.75, 3.05) is 0 Å². The minimum absolute atomic E-state index is 0.232. The van der Waals surface area contributed by atoms with Crippen molar-refractivity contribution < 1.29 is 13.5 Å². The van der Waals surface area contributed by atoms with E-state index in [1.165, 1.54) is 10.2 Å². The zero-order valence-corrected chi connectivity index (χ0v) is 13.2. The molecule has 1 atom stereocenters. The molecule has 1 heterocycles. The van der Waals surface area contributed by atoms with E-state index in [1.807, 2.05) is 19.1 Å². The van der Waals surface area contributed by atoms with Gasteiger partial charge in [-0.3, -0.25) is 0 Å². The summed E-state index contributed by atoms with van der Waals surface area (Å²) in [5.41, 5.74) is 2.17. The number of hydrogen-bond acceptors (Lipinski definition) is 3. The first-order valence-electron chi connectivity index (χ1n) is 7.01. The molecule has 0 aliphatic heterocycles. The van der Waals surface area contributed by atoms with E-state index < -0.39 is 16.1 Å². The summed E-state index contributed by atoms with van der Waals surface area (Å²) in [4.78, 5) is 0.232. The summed E-state index contributed by atoms with van der Waals surface area (Å²) in [5.74, 6) is 0. The molecule has 114 valence electrons. The molecule has 0 aliphatic rings. The molecule has 0 amide bonds. The predicted molar refractivity (Wildman–Crippen MR) is 86.3 cm³/mol. The molecule has 3 aromatic rings. The Labute approximate surface area is 129 Å². The maximum Gasteiger partial charge on any atom is 0.268 e. The summed E-state index contributed by atoms with van der Waals surface area (Å²) in [6.45, 7) is 3.54. The van der Waals surface area contributed by atoms with Crippen LogP contribution in [0.4, 0.5) is 0 Å². The van der Waals surface area contributed by atoms with Gasteiger partial charge in [0.05, 0.1) is 16.5 Å². The van der Waals surface area contributed by atoms with E-state index in [-0.39, 0.29) is 4.90 Å². The molecule has 1 N–H and O–H groups in total. The van der Waals surface area contributed by atoms with E-state index in [0.29, 0.717) is 11.1 Å². The van der Waals surface area contributed by atoms with Gasteiger partial charge in [0, 0.05) is 17.1 Å². The Morgan fingerprint density at radius 2 is 1.68 bits per heavy atom. The highest BCUT2D eigenvalue weighted by Gasteiger charge is 2.22. The Kier molecular flexibility index (Phi) is 3.54. The molecule has 4 nitrogen and oxygen atoms in total. The minimum Gasteiger partial charge on any atom is -0.389 e. The van der Waals surface area contributed by atoms with Crippen LogP contribution in [0.25, 0.3) is 10.9 Å². The molecule has 5 heteroatoms. The monoisotopic (exact) mass is 315 g/mol. The summed E-state index contributed by atoms with van der Waals surface area (Å²) >= 11 is 0. The van der Waals surface area contributed by atoms with Gasteiger partial charge >= 0.3 is 0 Å². The van der Waals surface area contributed by atoms with Crippen molar-refractivity contribution in [1.29, 1.82) is 0 Å². The number of hydrogen-bond donors (Lipinski definition) is 1. The van der Waals surface area contributed by atoms with Crippen LogP contribution in [0.1, 0.15) is 24.2 Å². The van der Waals surface area contributed by atoms with E-state index in [9.17, 15) is 13.5 Å². The fraction of sp³-hybridized carbons (Fsp3) is 0.176. The fourth-order valence-electron chi connectivity index (χ4n) is 2.53. The van der Waals surface area contributed by atoms with Gasteiger partial charge in [-0.05, 0) is 32.0 Å². The van der Waals surface area contributed by atoms with Crippen LogP contribution in [-0.2, 0) is 10.0 Å². The zero-order chi connectivity index (χ0) is 15.9. The van der Waals surface area contributed by atoms with Crippen LogP contribution in [-0.4, -0.2) is 17.5 Å². The average molecular weight is 315 g/mol. The number of aromatic nitrogens is 1. The van der Waals surface area contributed by atoms with E-state index >= 15 is 0 Å². The van der Waals surface area contributed by atoms with Crippen LogP contribution < -0.4 is 0 Å². The van der Waals surface area contributed by atoms with Gasteiger partial charge in [0.2, 0.25) is 0 Å². The highest BCUT2D eigenvalue weighted by atomic mass is 32.2. The van der Waals surface area contributed by atoms with Crippen molar-refractivity contribution in [3.63, 3.8) is 0 Å². The van der Waals surface area contributed by atoms with Crippen LogP contribution in [0.3, 0.4) is 0 Å². The van der Waals surface area contributed by atoms with E-state index in [4.69, 9.17) is 0 Å². The average Bonchev–Trinajstić information content (AvgIpc) is 2.88. The molecule has 0 bridgehead atoms. The summed E-state index contributed by atoms with van der Waals surface area (Å²) in [5, 5.41) is 10.6. The molecule has 2 aromatic carbocycles. The second-order valence-electron chi connectivity index (χ2n) is 5.39. The van der Waals surface area contributed by atoms with Gasteiger partial charge in [-0.1, -0.05) is 35.9 Å². The standard InChI is InChI=1S/C17H17NO3S/c1-12-7-9-14(10-8-12)22(20,21)18-11-16(13(2)19)15-5-3-4-6-17(15)18/h3-11,13,19H,1-2H3. The van der Waals surface area contributed by atoms with Crippen molar-refractivity contribution in [3.05, 3.63) is 65.9 Å². The summed E-state index contributed by atoms with van der Waals surface area (Å²) in [6, 6.07) is 13.9. The lowest BCUT2D eigenvalue weighted by molar-refractivity contribution is 0.201. The van der Waals surface area contributed by atoms with Crippen molar-refractivity contribution in [2.45, 2.75) is 24.8 Å². The van der Waals surface area contributed by atoms with Crippen LogP contribution in [0.15, 0.2) is 59.6 Å². The van der Waals surface area contributed by atoms with Gasteiger partial charge in [-0.15, -0.1) is 0 Å². The summed E-state index contributed by atoms with van der Waals surface area (Å²) in [6.07, 6.45) is 0.768. The van der Waals surface area contributed by atoms with Gasteiger partial charge in [-0.25, -0.2) is 12.4 Å². The Morgan fingerprint density at radius 3 is 2.32 bits per heavy atom. The van der Waals surface area contributed by atoms with Crippen molar-refractivity contribution in [1.82, 2.24) is 3.97 Å². The molecule has 22 heavy (non-hydrogen) atoms. The van der Waals surface area contributed by atoms with Crippen LogP contribution in [0.2, 0.25) is 0 Å². The van der Waals surface area contributed by atoms with Crippen molar-refractivity contribution in [2.24, 2.45) is 0 Å². The van der Waals surface area contributed by atoms with Crippen molar-refractivity contribution >= 4 is 20.9 Å².